The molecule has 0 heterocycles. The summed E-state index contributed by atoms with van der Waals surface area (Å²) in [6, 6.07) is 4.84. The molecular weight excluding hydrogens is 249 g/mol. The van der Waals surface area contributed by atoms with E-state index in [1.54, 1.807) is 13.2 Å². The van der Waals surface area contributed by atoms with Gasteiger partial charge in [0.25, 0.3) is 0 Å². The molecule has 0 aliphatic rings. The molecule has 0 spiro atoms. The van der Waals surface area contributed by atoms with Crippen molar-refractivity contribution in [1.29, 1.82) is 0 Å². The summed E-state index contributed by atoms with van der Waals surface area (Å²) in [4.78, 5) is 0. The van der Waals surface area contributed by atoms with Gasteiger partial charge in [-0.05, 0) is 34.0 Å². The summed E-state index contributed by atoms with van der Waals surface area (Å²) in [5, 5.41) is 0. The van der Waals surface area contributed by atoms with E-state index in [1.807, 2.05) is 6.07 Å². The minimum Gasteiger partial charge on any atom is -0.383 e. The number of nitrogens with two attached hydrogens (primary N) is 1. The Morgan fingerprint density at radius 2 is 2.29 bits per heavy atom. The molecule has 1 atom stereocenters. The van der Waals surface area contributed by atoms with Crippen molar-refractivity contribution in [3.05, 3.63) is 34.1 Å². The summed E-state index contributed by atoms with van der Waals surface area (Å²) in [5.41, 5.74) is 6.64. The third-order valence-corrected chi connectivity index (χ3v) is 2.78. The highest BCUT2D eigenvalue weighted by Crippen LogP contribution is 2.21. The summed E-state index contributed by atoms with van der Waals surface area (Å²) in [7, 11) is 1.60. The van der Waals surface area contributed by atoms with Gasteiger partial charge in [-0.15, -0.1) is 0 Å². The molecule has 0 radical (unpaired) electrons. The van der Waals surface area contributed by atoms with Crippen LogP contribution >= 0.6 is 15.9 Å². The molecule has 1 rings (SSSR count). The number of methoxy groups -OCH3 is 1. The first kappa shape index (κ1) is 11.6. The van der Waals surface area contributed by atoms with E-state index in [0.29, 0.717) is 17.5 Å². The van der Waals surface area contributed by atoms with E-state index in [1.165, 1.54) is 6.07 Å². The van der Waals surface area contributed by atoms with Crippen LogP contribution in [0.15, 0.2) is 22.7 Å². The van der Waals surface area contributed by atoms with Gasteiger partial charge in [0.1, 0.15) is 5.82 Å². The molecule has 0 fully saturated rings. The Morgan fingerprint density at radius 1 is 1.57 bits per heavy atom. The van der Waals surface area contributed by atoms with Gasteiger partial charge >= 0.3 is 0 Å². The quantitative estimate of drug-likeness (QED) is 0.901. The molecule has 78 valence electrons. The van der Waals surface area contributed by atoms with Crippen LogP contribution in [0.3, 0.4) is 0 Å². The maximum absolute atomic E-state index is 13.1. The molecule has 0 saturated carbocycles. The van der Waals surface area contributed by atoms with E-state index in [4.69, 9.17) is 10.5 Å². The molecule has 1 aromatic carbocycles. The van der Waals surface area contributed by atoms with Crippen molar-refractivity contribution in [2.45, 2.75) is 12.5 Å². The molecule has 2 N–H and O–H groups in total. The second kappa shape index (κ2) is 5.44. The molecular formula is C10H13BrFNO. The van der Waals surface area contributed by atoms with Crippen LogP contribution in [0.1, 0.15) is 5.56 Å². The van der Waals surface area contributed by atoms with Crippen LogP contribution in [-0.2, 0) is 11.2 Å². The fourth-order valence-corrected chi connectivity index (χ4v) is 1.69. The third-order valence-electron chi connectivity index (χ3n) is 1.89. The summed E-state index contributed by atoms with van der Waals surface area (Å²) >= 11 is 3.19. The maximum Gasteiger partial charge on any atom is 0.137 e. The predicted octanol–water partition coefficient (Wildman–Crippen LogP) is 2.10. The van der Waals surface area contributed by atoms with Crippen LogP contribution in [0, 0.1) is 5.82 Å². The lowest BCUT2D eigenvalue weighted by Crippen LogP contribution is -2.28. The van der Waals surface area contributed by atoms with Crippen LogP contribution in [0.25, 0.3) is 0 Å². The summed E-state index contributed by atoms with van der Waals surface area (Å²) < 4.78 is 18.5. The zero-order chi connectivity index (χ0) is 10.6. The van der Waals surface area contributed by atoms with Gasteiger partial charge in [0.2, 0.25) is 0 Å². The van der Waals surface area contributed by atoms with E-state index in [2.05, 4.69) is 15.9 Å². The molecule has 14 heavy (non-hydrogen) atoms. The molecule has 0 saturated heterocycles. The van der Waals surface area contributed by atoms with Crippen molar-refractivity contribution < 1.29 is 9.13 Å². The van der Waals surface area contributed by atoms with Gasteiger partial charge in [-0.3, -0.25) is 0 Å². The molecule has 4 heteroatoms. The number of rotatable bonds is 4. The van der Waals surface area contributed by atoms with E-state index < -0.39 is 0 Å². The topological polar surface area (TPSA) is 35.2 Å². The molecule has 0 aliphatic carbocycles. The largest absolute Gasteiger partial charge is 0.383 e. The van der Waals surface area contributed by atoms with E-state index in [9.17, 15) is 4.39 Å². The highest BCUT2D eigenvalue weighted by atomic mass is 79.9. The average molecular weight is 262 g/mol. The zero-order valence-electron chi connectivity index (χ0n) is 7.97. The van der Waals surface area contributed by atoms with Gasteiger partial charge in [0, 0.05) is 13.2 Å². The molecule has 1 unspecified atom stereocenters. The van der Waals surface area contributed by atoms with Crippen LogP contribution in [0.2, 0.25) is 0 Å². The maximum atomic E-state index is 13.1. The molecule has 1 aromatic rings. The second-order valence-electron chi connectivity index (χ2n) is 3.13. The standard InChI is InChI=1S/C10H13BrFNO/c1-14-6-8(13)5-7-3-2-4-9(12)10(7)11/h2-4,8H,5-6,13H2,1H3. The number of halogens is 2. The average Bonchev–Trinajstić information content (AvgIpc) is 2.13. The van der Waals surface area contributed by atoms with Gasteiger partial charge in [-0.25, -0.2) is 4.39 Å². The number of ether oxygens (including phenoxy) is 1. The Balaban J connectivity index is 2.71. The number of hydrogen-bond donors (Lipinski definition) is 1. The normalized spacial score (nSPS) is 12.9. The smallest absolute Gasteiger partial charge is 0.137 e. The lowest BCUT2D eigenvalue weighted by atomic mass is 10.1. The highest BCUT2D eigenvalue weighted by molar-refractivity contribution is 9.10. The van der Waals surface area contributed by atoms with Crippen LogP contribution in [-0.4, -0.2) is 19.8 Å². The Morgan fingerprint density at radius 3 is 2.93 bits per heavy atom. The first-order chi connectivity index (χ1) is 6.65. The van der Waals surface area contributed by atoms with Gasteiger partial charge in [-0.1, -0.05) is 12.1 Å². The van der Waals surface area contributed by atoms with Crippen LogP contribution in [0.5, 0.6) is 0 Å². The summed E-state index contributed by atoms with van der Waals surface area (Å²) in [6.07, 6.45) is 0.603. The second-order valence-corrected chi connectivity index (χ2v) is 3.93. The minimum atomic E-state index is -0.257. The Kier molecular flexibility index (Phi) is 4.51. The third kappa shape index (κ3) is 3.04. The first-order valence-electron chi connectivity index (χ1n) is 4.32. The molecule has 0 bridgehead atoms. The van der Waals surface area contributed by atoms with Gasteiger partial charge in [-0.2, -0.15) is 0 Å². The molecule has 0 amide bonds. The van der Waals surface area contributed by atoms with Crippen molar-refractivity contribution >= 4 is 15.9 Å². The fraction of sp³-hybridized carbons (Fsp3) is 0.400. The van der Waals surface area contributed by atoms with E-state index in [0.717, 1.165) is 5.56 Å². The lowest BCUT2D eigenvalue weighted by Gasteiger charge is -2.11. The van der Waals surface area contributed by atoms with Crippen molar-refractivity contribution in [2.75, 3.05) is 13.7 Å². The van der Waals surface area contributed by atoms with Crippen molar-refractivity contribution in [1.82, 2.24) is 0 Å². The number of hydrogen-bond acceptors (Lipinski definition) is 2. The number of benzene rings is 1. The van der Waals surface area contributed by atoms with Crippen molar-refractivity contribution in [3.63, 3.8) is 0 Å². The van der Waals surface area contributed by atoms with Crippen molar-refractivity contribution in [2.24, 2.45) is 5.73 Å². The monoisotopic (exact) mass is 261 g/mol. The highest BCUT2D eigenvalue weighted by Gasteiger charge is 2.09. The van der Waals surface area contributed by atoms with Gasteiger partial charge in [0.05, 0.1) is 11.1 Å². The van der Waals surface area contributed by atoms with Gasteiger partial charge in [0.15, 0.2) is 0 Å². The molecule has 0 aromatic heterocycles. The van der Waals surface area contributed by atoms with Crippen LogP contribution < -0.4 is 5.73 Å². The minimum absolute atomic E-state index is 0.0990. The fourth-order valence-electron chi connectivity index (χ4n) is 1.26. The zero-order valence-corrected chi connectivity index (χ0v) is 9.55. The molecule has 2 nitrogen and oxygen atoms in total. The molecule has 0 aliphatic heterocycles. The van der Waals surface area contributed by atoms with Gasteiger partial charge < -0.3 is 10.5 Å². The Bertz CT molecular complexity index is 306. The predicted molar refractivity (Wildman–Crippen MR) is 57.7 cm³/mol. The van der Waals surface area contributed by atoms with E-state index >= 15 is 0 Å². The Hall–Kier alpha value is -0.450. The summed E-state index contributed by atoms with van der Waals surface area (Å²) in [5.74, 6) is -0.257. The Labute approximate surface area is 91.4 Å². The van der Waals surface area contributed by atoms with Crippen molar-refractivity contribution in [3.8, 4) is 0 Å². The van der Waals surface area contributed by atoms with E-state index in [-0.39, 0.29) is 11.9 Å². The SMILES string of the molecule is COCC(N)Cc1cccc(F)c1Br. The van der Waals surface area contributed by atoms with Crippen LogP contribution in [0.4, 0.5) is 4.39 Å². The summed E-state index contributed by atoms with van der Waals surface area (Å²) in [6.45, 7) is 0.475. The first-order valence-corrected chi connectivity index (χ1v) is 5.12. The lowest BCUT2D eigenvalue weighted by molar-refractivity contribution is 0.180.